The molecule has 0 heterocycles. The normalized spacial score (nSPS) is 11.8. The zero-order chi connectivity index (χ0) is 9.84. The Kier molecular flexibility index (Phi) is 3.48. The summed E-state index contributed by atoms with van der Waals surface area (Å²) in [7, 11) is 0. The van der Waals surface area contributed by atoms with Gasteiger partial charge in [0.15, 0.2) is 0 Å². The number of benzene rings is 1. The van der Waals surface area contributed by atoms with Crippen molar-refractivity contribution in [2.75, 3.05) is 5.32 Å². The molecule has 0 fully saturated rings. The number of terminal acetylenes is 1. The maximum Gasteiger partial charge on any atom is 0.0846 e. The standard InChI is InChI=1S/C10H9Cl2N/c1-3-7(2)13-10-5-4-8(11)6-9(10)12/h1,4-7,13H,2H3. The fourth-order valence-electron chi connectivity index (χ4n) is 0.881. The van der Waals surface area contributed by atoms with Gasteiger partial charge in [-0.3, -0.25) is 0 Å². The van der Waals surface area contributed by atoms with Crippen molar-refractivity contribution in [2.24, 2.45) is 0 Å². The van der Waals surface area contributed by atoms with E-state index in [2.05, 4.69) is 11.2 Å². The van der Waals surface area contributed by atoms with E-state index < -0.39 is 0 Å². The summed E-state index contributed by atoms with van der Waals surface area (Å²) < 4.78 is 0. The minimum absolute atomic E-state index is 0.0429. The fraction of sp³-hybridized carbons (Fsp3) is 0.200. The molecule has 68 valence electrons. The zero-order valence-corrected chi connectivity index (χ0v) is 8.65. The minimum atomic E-state index is -0.0429. The molecule has 1 N–H and O–H groups in total. The van der Waals surface area contributed by atoms with Gasteiger partial charge in [-0.1, -0.05) is 29.1 Å². The summed E-state index contributed by atoms with van der Waals surface area (Å²) in [5, 5.41) is 4.25. The van der Waals surface area contributed by atoms with Gasteiger partial charge in [-0.15, -0.1) is 6.42 Å². The van der Waals surface area contributed by atoms with Crippen molar-refractivity contribution in [3.05, 3.63) is 28.2 Å². The van der Waals surface area contributed by atoms with Crippen LogP contribution < -0.4 is 5.32 Å². The third-order valence-corrected chi connectivity index (χ3v) is 2.10. The first-order valence-corrected chi connectivity index (χ1v) is 4.57. The Labute approximate surface area is 88.0 Å². The third kappa shape index (κ3) is 2.84. The van der Waals surface area contributed by atoms with Crippen LogP contribution >= 0.6 is 23.2 Å². The molecular formula is C10H9Cl2N. The average Bonchev–Trinajstić information content (AvgIpc) is 2.09. The van der Waals surface area contributed by atoms with Crippen molar-refractivity contribution in [1.29, 1.82) is 0 Å². The second-order valence-corrected chi connectivity index (χ2v) is 3.50. The Balaban J connectivity index is 2.85. The smallest absolute Gasteiger partial charge is 0.0846 e. The molecule has 0 saturated heterocycles. The van der Waals surface area contributed by atoms with E-state index in [1.54, 1.807) is 18.2 Å². The van der Waals surface area contributed by atoms with Gasteiger partial charge in [-0.05, 0) is 25.1 Å². The van der Waals surface area contributed by atoms with Crippen molar-refractivity contribution in [3.63, 3.8) is 0 Å². The van der Waals surface area contributed by atoms with Crippen LogP contribution in [0.25, 0.3) is 0 Å². The molecule has 0 radical (unpaired) electrons. The molecule has 0 spiro atoms. The summed E-state index contributed by atoms with van der Waals surface area (Å²) in [6, 6.07) is 5.20. The average molecular weight is 214 g/mol. The van der Waals surface area contributed by atoms with Crippen LogP contribution in [0.15, 0.2) is 18.2 Å². The van der Waals surface area contributed by atoms with Gasteiger partial charge in [0.2, 0.25) is 0 Å². The van der Waals surface area contributed by atoms with Crippen LogP contribution in [-0.2, 0) is 0 Å². The lowest BCUT2D eigenvalue weighted by molar-refractivity contribution is 1.04. The van der Waals surface area contributed by atoms with Crippen LogP contribution in [0.4, 0.5) is 5.69 Å². The van der Waals surface area contributed by atoms with Crippen LogP contribution in [0.2, 0.25) is 10.0 Å². The summed E-state index contributed by atoms with van der Waals surface area (Å²) in [6.45, 7) is 1.88. The molecule has 1 rings (SSSR count). The SMILES string of the molecule is C#CC(C)Nc1ccc(Cl)cc1Cl. The summed E-state index contributed by atoms with van der Waals surface area (Å²) in [5.74, 6) is 2.55. The molecule has 1 atom stereocenters. The summed E-state index contributed by atoms with van der Waals surface area (Å²) >= 11 is 11.6. The highest BCUT2D eigenvalue weighted by Crippen LogP contribution is 2.25. The van der Waals surface area contributed by atoms with Gasteiger partial charge in [0.25, 0.3) is 0 Å². The molecule has 0 aromatic heterocycles. The molecule has 0 amide bonds. The van der Waals surface area contributed by atoms with Gasteiger partial charge >= 0.3 is 0 Å². The Morgan fingerprint density at radius 2 is 2.15 bits per heavy atom. The Hall–Kier alpha value is -0.840. The Bertz CT molecular complexity index is 341. The fourth-order valence-corrected chi connectivity index (χ4v) is 1.34. The summed E-state index contributed by atoms with van der Waals surface area (Å²) in [6.07, 6.45) is 5.22. The summed E-state index contributed by atoms with van der Waals surface area (Å²) in [5.41, 5.74) is 0.802. The van der Waals surface area contributed by atoms with E-state index in [0.717, 1.165) is 5.69 Å². The molecule has 1 unspecified atom stereocenters. The lowest BCUT2D eigenvalue weighted by Gasteiger charge is -2.10. The molecule has 0 aliphatic heterocycles. The maximum absolute atomic E-state index is 5.92. The molecule has 3 heteroatoms. The van der Waals surface area contributed by atoms with Gasteiger partial charge in [0.05, 0.1) is 16.8 Å². The molecule has 1 aromatic carbocycles. The van der Waals surface area contributed by atoms with E-state index in [4.69, 9.17) is 29.6 Å². The second kappa shape index (κ2) is 4.41. The first-order valence-electron chi connectivity index (χ1n) is 3.81. The predicted octanol–water partition coefficient (Wildman–Crippen LogP) is 3.43. The largest absolute Gasteiger partial charge is 0.371 e. The molecular weight excluding hydrogens is 205 g/mol. The Morgan fingerprint density at radius 1 is 1.46 bits per heavy atom. The van der Waals surface area contributed by atoms with Crippen LogP contribution in [0.1, 0.15) is 6.92 Å². The molecule has 13 heavy (non-hydrogen) atoms. The highest BCUT2D eigenvalue weighted by atomic mass is 35.5. The van der Waals surface area contributed by atoms with Crippen molar-refractivity contribution in [3.8, 4) is 12.3 Å². The van der Waals surface area contributed by atoms with Crippen LogP contribution in [-0.4, -0.2) is 6.04 Å². The lowest BCUT2D eigenvalue weighted by atomic mass is 10.3. The van der Waals surface area contributed by atoms with Crippen LogP contribution in [0.3, 0.4) is 0 Å². The molecule has 0 aliphatic carbocycles. The number of nitrogens with one attached hydrogen (secondary N) is 1. The van der Waals surface area contributed by atoms with Crippen molar-refractivity contribution < 1.29 is 0 Å². The highest BCUT2D eigenvalue weighted by Gasteiger charge is 2.02. The second-order valence-electron chi connectivity index (χ2n) is 2.66. The van der Waals surface area contributed by atoms with Gasteiger partial charge in [0, 0.05) is 5.02 Å². The lowest BCUT2D eigenvalue weighted by Crippen LogP contribution is -2.12. The maximum atomic E-state index is 5.92. The molecule has 0 bridgehead atoms. The van der Waals surface area contributed by atoms with E-state index in [1.165, 1.54) is 0 Å². The van der Waals surface area contributed by atoms with E-state index >= 15 is 0 Å². The number of anilines is 1. The van der Waals surface area contributed by atoms with Gasteiger partial charge in [0.1, 0.15) is 0 Å². The Morgan fingerprint density at radius 3 is 2.69 bits per heavy atom. The van der Waals surface area contributed by atoms with E-state index in [1.807, 2.05) is 6.92 Å². The number of halogens is 2. The first-order chi connectivity index (χ1) is 6.13. The van der Waals surface area contributed by atoms with Gasteiger partial charge < -0.3 is 5.32 Å². The number of hydrogen-bond acceptors (Lipinski definition) is 1. The monoisotopic (exact) mass is 213 g/mol. The van der Waals surface area contributed by atoms with E-state index in [0.29, 0.717) is 10.0 Å². The van der Waals surface area contributed by atoms with Crippen molar-refractivity contribution in [1.82, 2.24) is 0 Å². The summed E-state index contributed by atoms with van der Waals surface area (Å²) in [4.78, 5) is 0. The topological polar surface area (TPSA) is 12.0 Å². The van der Waals surface area contributed by atoms with Crippen molar-refractivity contribution in [2.45, 2.75) is 13.0 Å². The third-order valence-electron chi connectivity index (χ3n) is 1.55. The first kappa shape index (κ1) is 10.2. The van der Waals surface area contributed by atoms with E-state index in [-0.39, 0.29) is 6.04 Å². The number of hydrogen-bond donors (Lipinski definition) is 1. The van der Waals surface area contributed by atoms with Crippen LogP contribution in [0, 0.1) is 12.3 Å². The predicted molar refractivity (Wildman–Crippen MR) is 58.4 cm³/mol. The van der Waals surface area contributed by atoms with Gasteiger partial charge in [-0.25, -0.2) is 0 Å². The van der Waals surface area contributed by atoms with E-state index in [9.17, 15) is 0 Å². The van der Waals surface area contributed by atoms with Gasteiger partial charge in [-0.2, -0.15) is 0 Å². The molecule has 0 saturated carbocycles. The number of rotatable bonds is 2. The van der Waals surface area contributed by atoms with Crippen molar-refractivity contribution >= 4 is 28.9 Å². The van der Waals surface area contributed by atoms with Crippen LogP contribution in [0.5, 0.6) is 0 Å². The highest BCUT2D eigenvalue weighted by molar-refractivity contribution is 6.36. The quantitative estimate of drug-likeness (QED) is 0.743. The molecule has 1 nitrogen and oxygen atoms in total. The molecule has 0 aliphatic rings. The zero-order valence-electron chi connectivity index (χ0n) is 7.14. The minimum Gasteiger partial charge on any atom is -0.371 e. The molecule has 1 aromatic rings.